The number of amides is 1. The van der Waals surface area contributed by atoms with Gasteiger partial charge in [0.2, 0.25) is 0 Å². The first-order valence-electron chi connectivity index (χ1n) is 15.0. The fourth-order valence-electron chi connectivity index (χ4n) is 4.37. The molecule has 4 rings (SSSR count). The van der Waals surface area contributed by atoms with Crippen LogP contribution in [-0.4, -0.2) is 81.7 Å². The standard InChI is InChI=1S/C19H22N4O6.C14H14N4O4/c1-19(2,3)29-18(25)22(4)16-10-14(20-11-21-16)8-12-6-7-13(17(24)28-5)9-15(12)23(26)27;1-15-13-7-11(16-8-17-13)5-9-3-4-10(14(19)22-2)6-12(9)18(20)21/h6-7,9-11H,8H2,1-5H3;3-4,6-8H,5H2,1-2H3,(H,15,16,17). The second kappa shape index (κ2) is 17.2. The molecule has 0 aliphatic heterocycles. The Balaban J connectivity index is 0.000000286. The molecule has 0 aliphatic rings. The van der Waals surface area contributed by atoms with Crippen molar-refractivity contribution in [3.63, 3.8) is 0 Å². The number of nitro benzene ring substituents is 2. The fourth-order valence-corrected chi connectivity index (χ4v) is 4.37. The van der Waals surface area contributed by atoms with Crippen LogP contribution in [0.15, 0.2) is 61.2 Å². The zero-order valence-corrected chi connectivity index (χ0v) is 28.9. The molecule has 1 amide bonds. The van der Waals surface area contributed by atoms with Crippen molar-refractivity contribution in [3.8, 4) is 0 Å². The van der Waals surface area contributed by atoms with Gasteiger partial charge in [0.05, 0.1) is 46.6 Å². The normalized spacial score (nSPS) is 10.6. The number of nitrogens with zero attached hydrogens (tertiary/aromatic N) is 7. The summed E-state index contributed by atoms with van der Waals surface area (Å²) in [5.41, 5.74) is 1.08. The largest absolute Gasteiger partial charge is 0.465 e. The molecule has 0 bridgehead atoms. The van der Waals surface area contributed by atoms with Crippen LogP contribution < -0.4 is 10.2 Å². The summed E-state index contributed by atoms with van der Waals surface area (Å²) in [6.45, 7) is 5.25. The average molecular weight is 705 g/mol. The summed E-state index contributed by atoms with van der Waals surface area (Å²) in [6, 6.07) is 11.6. The lowest BCUT2D eigenvalue weighted by Crippen LogP contribution is -2.34. The number of rotatable bonds is 10. The summed E-state index contributed by atoms with van der Waals surface area (Å²) in [5.74, 6) is -0.367. The van der Waals surface area contributed by atoms with Crippen molar-refractivity contribution in [2.45, 2.75) is 39.2 Å². The minimum Gasteiger partial charge on any atom is -0.465 e. The number of carbonyl (C=O) groups is 3. The zero-order valence-electron chi connectivity index (χ0n) is 28.9. The molecule has 2 aromatic carbocycles. The van der Waals surface area contributed by atoms with Gasteiger partial charge in [-0.1, -0.05) is 12.1 Å². The van der Waals surface area contributed by atoms with Gasteiger partial charge in [-0.3, -0.25) is 25.1 Å². The molecule has 268 valence electrons. The van der Waals surface area contributed by atoms with E-state index in [1.165, 1.54) is 69.2 Å². The summed E-state index contributed by atoms with van der Waals surface area (Å²) < 4.78 is 14.5. The van der Waals surface area contributed by atoms with Gasteiger partial charge in [-0.15, -0.1) is 0 Å². The zero-order chi connectivity index (χ0) is 37.9. The highest BCUT2D eigenvalue weighted by Gasteiger charge is 2.23. The van der Waals surface area contributed by atoms with Gasteiger partial charge in [0.1, 0.15) is 29.9 Å². The van der Waals surface area contributed by atoms with Crippen LogP contribution in [0.1, 0.15) is 64.0 Å². The molecular formula is C33H36N8O10. The molecular weight excluding hydrogens is 668 g/mol. The van der Waals surface area contributed by atoms with Gasteiger partial charge in [0.25, 0.3) is 11.4 Å². The number of nitrogens with one attached hydrogen (secondary N) is 1. The summed E-state index contributed by atoms with van der Waals surface area (Å²) in [4.78, 5) is 74.3. The highest BCUT2D eigenvalue weighted by molar-refractivity contribution is 5.91. The number of benzene rings is 2. The van der Waals surface area contributed by atoms with E-state index >= 15 is 0 Å². The predicted octanol–water partition coefficient (Wildman–Crippen LogP) is 4.94. The number of aromatic nitrogens is 4. The smallest absolute Gasteiger partial charge is 0.415 e. The van der Waals surface area contributed by atoms with Gasteiger partial charge < -0.3 is 19.5 Å². The third-order valence-electron chi connectivity index (χ3n) is 6.85. The molecule has 0 saturated carbocycles. The lowest BCUT2D eigenvalue weighted by molar-refractivity contribution is -0.385. The van der Waals surface area contributed by atoms with Crippen molar-refractivity contribution in [3.05, 3.63) is 115 Å². The minimum atomic E-state index is -0.664. The van der Waals surface area contributed by atoms with E-state index in [0.717, 1.165) is 6.07 Å². The lowest BCUT2D eigenvalue weighted by atomic mass is 10.0. The quantitative estimate of drug-likeness (QED) is 0.0997. The Kier molecular flexibility index (Phi) is 13.1. The Labute approximate surface area is 292 Å². The van der Waals surface area contributed by atoms with E-state index in [0.29, 0.717) is 28.3 Å². The summed E-state index contributed by atoms with van der Waals surface area (Å²) in [7, 11) is 5.65. The fraction of sp³-hybridized carbons (Fsp3) is 0.303. The summed E-state index contributed by atoms with van der Waals surface area (Å²) in [6.07, 6.45) is 2.43. The molecule has 2 aromatic heterocycles. The van der Waals surface area contributed by atoms with E-state index in [4.69, 9.17) is 4.74 Å². The maximum Gasteiger partial charge on any atom is 0.415 e. The van der Waals surface area contributed by atoms with Crippen molar-refractivity contribution in [2.24, 2.45) is 0 Å². The molecule has 18 heteroatoms. The Bertz CT molecular complexity index is 1930. The second-order valence-electron chi connectivity index (χ2n) is 11.6. The van der Waals surface area contributed by atoms with Crippen molar-refractivity contribution in [1.29, 1.82) is 0 Å². The third kappa shape index (κ3) is 11.0. The number of hydrogen-bond donors (Lipinski definition) is 1. The van der Waals surface area contributed by atoms with Crippen molar-refractivity contribution < 1.29 is 38.4 Å². The molecule has 0 atom stereocenters. The molecule has 2 heterocycles. The number of hydrogen-bond acceptors (Lipinski definition) is 15. The van der Waals surface area contributed by atoms with Crippen LogP contribution in [0.5, 0.6) is 0 Å². The number of carbonyl (C=O) groups excluding carboxylic acids is 3. The first kappa shape index (κ1) is 38.9. The lowest BCUT2D eigenvalue weighted by Gasteiger charge is -2.24. The summed E-state index contributed by atoms with van der Waals surface area (Å²) in [5, 5.41) is 25.5. The minimum absolute atomic E-state index is 0.0796. The van der Waals surface area contributed by atoms with E-state index in [1.807, 2.05) is 0 Å². The van der Waals surface area contributed by atoms with Gasteiger partial charge in [-0.05, 0) is 32.9 Å². The van der Waals surface area contributed by atoms with Crippen LogP contribution in [-0.2, 0) is 27.1 Å². The highest BCUT2D eigenvalue weighted by Crippen LogP contribution is 2.25. The van der Waals surface area contributed by atoms with Crippen LogP contribution in [0, 0.1) is 20.2 Å². The SMILES string of the molecule is CNc1cc(Cc2ccc(C(=O)OC)cc2[N+](=O)[O-])ncn1.COC(=O)c1ccc(Cc2cc(N(C)C(=O)OC(C)(C)C)ncn2)c([N+](=O)[O-])c1. The monoisotopic (exact) mass is 704 g/mol. The molecule has 4 aromatic rings. The van der Waals surface area contributed by atoms with E-state index in [2.05, 4.69) is 34.7 Å². The summed E-state index contributed by atoms with van der Waals surface area (Å²) >= 11 is 0. The number of methoxy groups -OCH3 is 2. The third-order valence-corrected chi connectivity index (χ3v) is 6.85. The van der Waals surface area contributed by atoms with Crippen LogP contribution in [0.25, 0.3) is 0 Å². The van der Waals surface area contributed by atoms with Crippen LogP contribution >= 0.6 is 0 Å². The van der Waals surface area contributed by atoms with Gasteiger partial charge in [0.15, 0.2) is 0 Å². The van der Waals surface area contributed by atoms with E-state index < -0.39 is 33.5 Å². The van der Waals surface area contributed by atoms with Gasteiger partial charge >= 0.3 is 18.0 Å². The molecule has 51 heavy (non-hydrogen) atoms. The molecule has 0 fully saturated rings. The maximum atomic E-state index is 12.2. The molecule has 0 saturated heterocycles. The second-order valence-corrected chi connectivity index (χ2v) is 11.6. The number of nitro groups is 2. The Morgan fingerprint density at radius 3 is 1.67 bits per heavy atom. The van der Waals surface area contributed by atoms with Gasteiger partial charge in [-0.2, -0.15) is 0 Å². The topological polar surface area (TPSA) is 232 Å². The molecule has 0 aliphatic carbocycles. The van der Waals surface area contributed by atoms with E-state index in [9.17, 15) is 34.6 Å². The van der Waals surface area contributed by atoms with Crippen molar-refractivity contribution >= 4 is 41.0 Å². The Hall–Kier alpha value is -6.59. The molecule has 18 nitrogen and oxygen atoms in total. The molecule has 0 unspecified atom stereocenters. The van der Waals surface area contributed by atoms with Crippen LogP contribution in [0.2, 0.25) is 0 Å². The first-order valence-corrected chi connectivity index (χ1v) is 15.0. The Morgan fingerprint density at radius 2 is 1.24 bits per heavy atom. The molecule has 0 spiro atoms. The number of anilines is 2. The van der Waals surface area contributed by atoms with Crippen molar-refractivity contribution in [2.75, 3.05) is 38.5 Å². The molecule has 1 N–H and O–H groups in total. The van der Waals surface area contributed by atoms with Gasteiger partial charge in [0, 0.05) is 62.3 Å². The van der Waals surface area contributed by atoms with Gasteiger partial charge in [-0.25, -0.2) is 34.3 Å². The number of ether oxygens (including phenoxy) is 3. The van der Waals surface area contributed by atoms with Crippen molar-refractivity contribution in [1.82, 2.24) is 19.9 Å². The molecule has 0 radical (unpaired) electrons. The Morgan fingerprint density at radius 1 is 0.765 bits per heavy atom. The number of esters is 2. The van der Waals surface area contributed by atoms with Crippen LogP contribution in [0.3, 0.4) is 0 Å². The average Bonchev–Trinajstić information content (AvgIpc) is 3.10. The predicted molar refractivity (Wildman–Crippen MR) is 183 cm³/mol. The van der Waals surface area contributed by atoms with Crippen LogP contribution in [0.4, 0.5) is 27.8 Å². The van der Waals surface area contributed by atoms with E-state index in [-0.39, 0.29) is 41.2 Å². The van der Waals surface area contributed by atoms with E-state index in [1.54, 1.807) is 40.0 Å². The first-order chi connectivity index (χ1) is 24.1. The maximum absolute atomic E-state index is 12.2. The highest BCUT2D eigenvalue weighted by atomic mass is 16.6.